The molecule has 0 aliphatic rings. The van der Waals surface area contributed by atoms with E-state index in [2.05, 4.69) is 28.6 Å². The summed E-state index contributed by atoms with van der Waals surface area (Å²) in [6.07, 6.45) is 5.30. The summed E-state index contributed by atoms with van der Waals surface area (Å²) in [5.74, 6) is 1.80. The van der Waals surface area contributed by atoms with Crippen LogP contribution in [0, 0.1) is 0 Å². The average molecular weight is 422 g/mol. The van der Waals surface area contributed by atoms with Crippen molar-refractivity contribution in [3.63, 3.8) is 0 Å². The zero-order chi connectivity index (χ0) is 21.9. The van der Waals surface area contributed by atoms with Crippen molar-refractivity contribution in [2.75, 3.05) is 26.9 Å². The van der Waals surface area contributed by atoms with Gasteiger partial charge in [-0.3, -0.25) is 4.79 Å². The molecular weight excluding hydrogens is 390 g/mol. The van der Waals surface area contributed by atoms with E-state index in [1.54, 1.807) is 0 Å². The van der Waals surface area contributed by atoms with Gasteiger partial charge in [-0.25, -0.2) is 4.98 Å². The van der Waals surface area contributed by atoms with Gasteiger partial charge in [0.1, 0.15) is 18.2 Å². The first-order chi connectivity index (χ1) is 15.2. The maximum atomic E-state index is 11.6. The van der Waals surface area contributed by atoms with E-state index in [-0.39, 0.29) is 12.5 Å². The van der Waals surface area contributed by atoms with Crippen molar-refractivity contribution >= 4 is 16.9 Å². The van der Waals surface area contributed by atoms with Crippen molar-refractivity contribution in [1.82, 2.24) is 14.9 Å². The molecule has 6 nitrogen and oxygen atoms in total. The molecule has 0 aliphatic heterocycles. The Bertz CT molecular complexity index is 997. The molecule has 0 spiro atoms. The lowest BCUT2D eigenvalue weighted by Crippen LogP contribution is -2.29. The first kappa shape index (κ1) is 22.6. The number of unbranched alkanes of at least 4 members (excludes halogenated alkanes) is 1. The fraction of sp³-hybridized carbons (Fsp3) is 0.360. The summed E-state index contributed by atoms with van der Waals surface area (Å²) in [5, 5.41) is 2.87. The highest BCUT2D eigenvalue weighted by Crippen LogP contribution is 2.20. The number of aryl methyl sites for hydroxylation is 1. The van der Waals surface area contributed by atoms with E-state index >= 15 is 0 Å². The number of hydrogen-bond donors (Lipinski definition) is 1. The number of carbonyl (C=O) groups excluding carboxylic acids is 1. The van der Waals surface area contributed by atoms with Gasteiger partial charge in [-0.05, 0) is 43.0 Å². The van der Waals surface area contributed by atoms with Crippen molar-refractivity contribution < 1.29 is 14.3 Å². The molecule has 0 radical (unpaired) electrons. The second-order valence-corrected chi connectivity index (χ2v) is 7.36. The fourth-order valence-electron chi connectivity index (χ4n) is 3.58. The lowest BCUT2D eigenvalue weighted by molar-refractivity contribution is -0.124. The largest absolute Gasteiger partial charge is 0.493 e. The second-order valence-electron chi connectivity index (χ2n) is 7.36. The molecule has 6 heteroatoms. The standard InChI is InChI=1S/C25H31N3O3/c1-3-10-20-11-4-7-14-23(20)31-18-9-8-17-28-22-13-6-5-12-21(22)27-24(28)15-16-26-25(29)19-30-2/h3-7,11-14H,1,8-10,15-19H2,2H3,(H,26,29). The number of fused-ring (bicyclic) bond motifs is 1. The molecule has 31 heavy (non-hydrogen) atoms. The number of para-hydroxylation sites is 3. The van der Waals surface area contributed by atoms with Crippen LogP contribution in [0.2, 0.25) is 0 Å². The zero-order valence-corrected chi connectivity index (χ0v) is 18.2. The van der Waals surface area contributed by atoms with Gasteiger partial charge in [0.25, 0.3) is 0 Å². The summed E-state index contributed by atoms with van der Waals surface area (Å²) in [6.45, 7) is 5.96. The molecule has 1 aromatic heterocycles. The first-order valence-corrected chi connectivity index (χ1v) is 10.7. The number of nitrogens with one attached hydrogen (secondary N) is 1. The molecule has 0 unspecified atom stereocenters. The van der Waals surface area contributed by atoms with E-state index in [0.717, 1.165) is 54.0 Å². The van der Waals surface area contributed by atoms with Gasteiger partial charge in [0.2, 0.25) is 5.91 Å². The van der Waals surface area contributed by atoms with E-state index in [1.165, 1.54) is 7.11 Å². The second kappa shape index (κ2) is 11.9. The molecule has 0 fully saturated rings. The number of methoxy groups -OCH3 is 1. The number of imidazole rings is 1. The van der Waals surface area contributed by atoms with E-state index < -0.39 is 0 Å². The molecule has 0 saturated carbocycles. The van der Waals surface area contributed by atoms with Crippen LogP contribution in [0.1, 0.15) is 24.2 Å². The Hall–Kier alpha value is -3.12. The van der Waals surface area contributed by atoms with Gasteiger partial charge in [-0.15, -0.1) is 6.58 Å². The topological polar surface area (TPSA) is 65.4 Å². The monoisotopic (exact) mass is 421 g/mol. The number of amides is 1. The molecule has 0 bridgehead atoms. The van der Waals surface area contributed by atoms with Crippen molar-refractivity contribution in [1.29, 1.82) is 0 Å². The lowest BCUT2D eigenvalue weighted by atomic mass is 10.1. The molecule has 1 heterocycles. The van der Waals surface area contributed by atoms with Crippen LogP contribution in [0.5, 0.6) is 5.75 Å². The Morgan fingerprint density at radius 2 is 1.97 bits per heavy atom. The van der Waals surface area contributed by atoms with Crippen LogP contribution in [-0.4, -0.2) is 42.3 Å². The van der Waals surface area contributed by atoms with Gasteiger partial charge in [0.15, 0.2) is 0 Å². The number of nitrogens with zero attached hydrogens (tertiary/aromatic N) is 2. The Morgan fingerprint density at radius 3 is 2.81 bits per heavy atom. The van der Waals surface area contributed by atoms with Crippen molar-refractivity contribution in [2.24, 2.45) is 0 Å². The molecule has 3 aromatic rings. The third-order valence-electron chi connectivity index (χ3n) is 5.05. The molecule has 0 aliphatic carbocycles. The van der Waals surface area contributed by atoms with Crippen LogP contribution in [-0.2, 0) is 28.9 Å². The summed E-state index contributed by atoms with van der Waals surface area (Å²) in [4.78, 5) is 16.4. The SMILES string of the molecule is C=CCc1ccccc1OCCCCn1c(CCNC(=O)COC)nc2ccccc21. The minimum Gasteiger partial charge on any atom is -0.493 e. The Morgan fingerprint density at radius 1 is 1.16 bits per heavy atom. The van der Waals surface area contributed by atoms with Crippen LogP contribution in [0.25, 0.3) is 11.0 Å². The van der Waals surface area contributed by atoms with Gasteiger partial charge in [0, 0.05) is 26.6 Å². The molecule has 2 aromatic carbocycles. The number of allylic oxidation sites excluding steroid dienone is 1. The summed E-state index contributed by atoms with van der Waals surface area (Å²) in [5.41, 5.74) is 3.27. The van der Waals surface area contributed by atoms with E-state index in [4.69, 9.17) is 14.5 Å². The van der Waals surface area contributed by atoms with Crippen LogP contribution in [0.15, 0.2) is 61.2 Å². The molecule has 1 amide bonds. The lowest BCUT2D eigenvalue weighted by Gasteiger charge is -2.12. The highest BCUT2D eigenvalue weighted by Gasteiger charge is 2.11. The summed E-state index contributed by atoms with van der Waals surface area (Å²) < 4.78 is 13.1. The Kier molecular flexibility index (Phi) is 8.67. The number of carbonyl (C=O) groups is 1. The van der Waals surface area contributed by atoms with E-state index in [9.17, 15) is 4.79 Å². The van der Waals surface area contributed by atoms with Crippen molar-refractivity contribution in [3.8, 4) is 5.75 Å². The van der Waals surface area contributed by atoms with Crippen molar-refractivity contribution in [2.45, 2.75) is 32.2 Å². The number of aromatic nitrogens is 2. The molecule has 3 rings (SSSR count). The molecule has 164 valence electrons. The molecular formula is C25H31N3O3. The maximum absolute atomic E-state index is 11.6. The van der Waals surface area contributed by atoms with Gasteiger partial charge < -0.3 is 19.4 Å². The summed E-state index contributed by atoms with van der Waals surface area (Å²) in [7, 11) is 1.51. The molecule has 0 atom stereocenters. The minimum atomic E-state index is -0.112. The van der Waals surface area contributed by atoms with Crippen LogP contribution < -0.4 is 10.1 Å². The number of hydrogen-bond acceptors (Lipinski definition) is 4. The normalized spacial score (nSPS) is 10.9. The average Bonchev–Trinajstić information content (AvgIpc) is 3.12. The number of benzene rings is 2. The summed E-state index contributed by atoms with van der Waals surface area (Å²) >= 11 is 0. The summed E-state index contributed by atoms with van der Waals surface area (Å²) in [6, 6.07) is 16.3. The fourth-order valence-corrected chi connectivity index (χ4v) is 3.58. The predicted molar refractivity (Wildman–Crippen MR) is 123 cm³/mol. The maximum Gasteiger partial charge on any atom is 0.245 e. The Labute approximate surface area is 183 Å². The molecule has 1 N–H and O–H groups in total. The third kappa shape index (κ3) is 6.43. The van der Waals surface area contributed by atoms with Crippen LogP contribution in [0.4, 0.5) is 0 Å². The highest BCUT2D eigenvalue weighted by atomic mass is 16.5. The minimum absolute atomic E-state index is 0.0757. The van der Waals surface area contributed by atoms with E-state index in [1.807, 2.05) is 42.5 Å². The highest BCUT2D eigenvalue weighted by molar-refractivity contribution is 5.77. The van der Waals surface area contributed by atoms with Crippen LogP contribution in [0.3, 0.4) is 0 Å². The smallest absolute Gasteiger partial charge is 0.245 e. The van der Waals surface area contributed by atoms with Gasteiger partial charge in [0.05, 0.1) is 17.6 Å². The van der Waals surface area contributed by atoms with Gasteiger partial charge >= 0.3 is 0 Å². The van der Waals surface area contributed by atoms with Gasteiger partial charge in [-0.2, -0.15) is 0 Å². The number of ether oxygens (including phenoxy) is 2. The van der Waals surface area contributed by atoms with E-state index in [0.29, 0.717) is 19.6 Å². The number of rotatable bonds is 13. The molecule has 0 saturated heterocycles. The predicted octanol–water partition coefficient (Wildman–Crippen LogP) is 3.93. The first-order valence-electron chi connectivity index (χ1n) is 10.7. The van der Waals surface area contributed by atoms with Crippen molar-refractivity contribution in [3.05, 3.63) is 72.6 Å². The van der Waals surface area contributed by atoms with Crippen LogP contribution >= 0.6 is 0 Å². The third-order valence-corrected chi connectivity index (χ3v) is 5.05. The van der Waals surface area contributed by atoms with Gasteiger partial charge in [-0.1, -0.05) is 36.4 Å². The Balaban J connectivity index is 1.55. The zero-order valence-electron chi connectivity index (χ0n) is 18.2. The quantitative estimate of drug-likeness (QED) is 0.335.